The smallest absolute Gasteiger partial charge is 0.273 e. The van der Waals surface area contributed by atoms with Crippen molar-refractivity contribution in [3.05, 3.63) is 54.0 Å². The maximum Gasteiger partial charge on any atom is 0.273 e. The van der Waals surface area contributed by atoms with Crippen molar-refractivity contribution >= 4 is 16.8 Å². The van der Waals surface area contributed by atoms with E-state index in [-0.39, 0.29) is 17.5 Å². The Balaban J connectivity index is 1.53. The van der Waals surface area contributed by atoms with Gasteiger partial charge in [0, 0.05) is 23.6 Å². The molecule has 0 fully saturated rings. The van der Waals surface area contributed by atoms with E-state index in [1.165, 1.54) is 0 Å². The zero-order valence-electron chi connectivity index (χ0n) is 13.7. The summed E-state index contributed by atoms with van der Waals surface area (Å²) in [6.45, 7) is 4.67. The number of nitrogens with zero attached hydrogens (tertiary/aromatic N) is 2. The van der Waals surface area contributed by atoms with Crippen LogP contribution in [0, 0.1) is 0 Å². The molecule has 0 spiro atoms. The van der Waals surface area contributed by atoms with Crippen LogP contribution >= 0.6 is 0 Å². The third-order valence-corrected chi connectivity index (χ3v) is 3.57. The molecule has 1 N–H and O–H groups in total. The first kappa shape index (κ1) is 16.0. The first-order valence-electron chi connectivity index (χ1n) is 7.86. The van der Waals surface area contributed by atoms with E-state index in [1.807, 2.05) is 44.2 Å². The third kappa shape index (κ3) is 3.53. The Morgan fingerprint density at radius 3 is 2.92 bits per heavy atom. The van der Waals surface area contributed by atoms with Crippen molar-refractivity contribution in [1.29, 1.82) is 0 Å². The molecule has 124 valence electrons. The molecule has 0 saturated heterocycles. The maximum atomic E-state index is 12.0. The number of pyridine rings is 1. The average molecular weight is 325 g/mol. The molecular weight excluding hydrogens is 306 g/mol. The lowest BCUT2D eigenvalue weighted by Crippen LogP contribution is -2.28. The summed E-state index contributed by atoms with van der Waals surface area (Å²) >= 11 is 0. The largest absolute Gasteiger partial charge is 0.489 e. The quantitative estimate of drug-likeness (QED) is 0.704. The van der Waals surface area contributed by atoms with Crippen LogP contribution in [0.25, 0.3) is 10.9 Å². The van der Waals surface area contributed by atoms with E-state index < -0.39 is 0 Å². The minimum absolute atomic E-state index is 0.196. The van der Waals surface area contributed by atoms with Crippen LogP contribution in [0.15, 0.2) is 47.1 Å². The number of hydrogen-bond acceptors (Lipinski definition) is 5. The molecule has 0 radical (unpaired) electrons. The summed E-state index contributed by atoms with van der Waals surface area (Å²) in [4.78, 5) is 16.3. The number of aromatic nitrogens is 2. The van der Waals surface area contributed by atoms with Gasteiger partial charge in [0.1, 0.15) is 23.6 Å². The zero-order valence-corrected chi connectivity index (χ0v) is 13.7. The summed E-state index contributed by atoms with van der Waals surface area (Å²) in [5, 5.41) is 7.56. The lowest BCUT2D eigenvalue weighted by atomic mass is 10.1. The molecule has 2 aromatic heterocycles. The van der Waals surface area contributed by atoms with Crippen LogP contribution in [0.4, 0.5) is 0 Å². The molecule has 1 aromatic carbocycles. The molecule has 1 amide bonds. The molecule has 3 rings (SSSR count). The Bertz CT molecular complexity index is 837. The molecule has 0 aliphatic rings. The van der Waals surface area contributed by atoms with Crippen molar-refractivity contribution in [2.45, 2.75) is 19.8 Å². The van der Waals surface area contributed by atoms with Crippen molar-refractivity contribution in [2.75, 3.05) is 13.2 Å². The van der Waals surface area contributed by atoms with Gasteiger partial charge in [-0.2, -0.15) is 0 Å². The molecule has 0 bridgehead atoms. The molecule has 0 aliphatic carbocycles. The van der Waals surface area contributed by atoms with E-state index in [0.29, 0.717) is 24.7 Å². The highest BCUT2D eigenvalue weighted by atomic mass is 16.5. The summed E-state index contributed by atoms with van der Waals surface area (Å²) in [6.07, 6.45) is 1.73. The monoisotopic (exact) mass is 325 g/mol. The normalized spacial score (nSPS) is 11.0. The highest BCUT2D eigenvalue weighted by Crippen LogP contribution is 2.22. The van der Waals surface area contributed by atoms with E-state index in [1.54, 1.807) is 12.3 Å². The molecule has 0 saturated carbocycles. The molecule has 0 aliphatic heterocycles. The highest BCUT2D eigenvalue weighted by Gasteiger charge is 2.14. The third-order valence-electron chi connectivity index (χ3n) is 3.57. The van der Waals surface area contributed by atoms with Crippen molar-refractivity contribution in [3.63, 3.8) is 0 Å². The second-order valence-corrected chi connectivity index (χ2v) is 5.70. The van der Waals surface area contributed by atoms with Crippen LogP contribution in [-0.4, -0.2) is 29.2 Å². The second-order valence-electron chi connectivity index (χ2n) is 5.70. The van der Waals surface area contributed by atoms with Crippen molar-refractivity contribution in [3.8, 4) is 5.75 Å². The Kier molecular flexibility index (Phi) is 4.74. The Morgan fingerprint density at radius 1 is 1.29 bits per heavy atom. The second kappa shape index (κ2) is 7.12. The predicted molar refractivity (Wildman–Crippen MR) is 90.2 cm³/mol. The van der Waals surface area contributed by atoms with Crippen molar-refractivity contribution in [2.24, 2.45) is 0 Å². The number of para-hydroxylation sites is 1. The molecule has 6 heteroatoms. The van der Waals surface area contributed by atoms with Crippen LogP contribution in [-0.2, 0) is 0 Å². The van der Waals surface area contributed by atoms with Gasteiger partial charge >= 0.3 is 0 Å². The van der Waals surface area contributed by atoms with Gasteiger partial charge in [0.05, 0.1) is 6.54 Å². The molecule has 2 heterocycles. The minimum atomic E-state index is -0.273. The number of fused-ring (bicyclic) bond motifs is 1. The number of nitrogens with one attached hydrogen (secondary N) is 1. The van der Waals surface area contributed by atoms with Gasteiger partial charge in [-0.15, -0.1) is 0 Å². The topological polar surface area (TPSA) is 77.2 Å². The maximum absolute atomic E-state index is 12.0. The molecule has 0 unspecified atom stereocenters. The van der Waals surface area contributed by atoms with Gasteiger partial charge < -0.3 is 14.6 Å². The van der Waals surface area contributed by atoms with E-state index >= 15 is 0 Å². The lowest BCUT2D eigenvalue weighted by molar-refractivity contribution is 0.0938. The SMILES string of the molecule is CC(C)c1cc(C(=O)NCCOc2cccc3cccnc23)no1. The van der Waals surface area contributed by atoms with E-state index in [0.717, 1.165) is 10.9 Å². The lowest BCUT2D eigenvalue weighted by Gasteiger charge is -2.08. The standard InChI is InChI=1S/C18H19N3O3/c1-12(2)16-11-14(21-24-16)18(22)20-9-10-23-15-7-3-5-13-6-4-8-19-17(13)15/h3-8,11-12H,9-10H2,1-2H3,(H,20,22). The zero-order chi connectivity index (χ0) is 16.9. The predicted octanol–water partition coefficient (Wildman–Crippen LogP) is 3.16. The molecule has 3 aromatic rings. The summed E-state index contributed by atoms with van der Waals surface area (Å²) in [5.41, 5.74) is 1.09. The Labute approximate surface area is 139 Å². The van der Waals surface area contributed by atoms with Crippen LogP contribution in [0.3, 0.4) is 0 Å². The van der Waals surface area contributed by atoms with Gasteiger partial charge in [-0.1, -0.05) is 37.2 Å². The fraction of sp³-hybridized carbons (Fsp3) is 0.278. The summed E-state index contributed by atoms with van der Waals surface area (Å²) in [6, 6.07) is 11.3. The van der Waals surface area contributed by atoms with Crippen LogP contribution < -0.4 is 10.1 Å². The fourth-order valence-electron chi connectivity index (χ4n) is 2.28. The minimum Gasteiger partial charge on any atom is -0.489 e. The summed E-state index contributed by atoms with van der Waals surface area (Å²) in [7, 11) is 0. The first-order valence-corrected chi connectivity index (χ1v) is 7.86. The van der Waals surface area contributed by atoms with Crippen LogP contribution in [0.5, 0.6) is 5.75 Å². The summed E-state index contributed by atoms with van der Waals surface area (Å²) < 4.78 is 10.8. The average Bonchev–Trinajstić information content (AvgIpc) is 3.09. The molecule has 0 atom stereocenters. The van der Waals surface area contributed by atoms with Gasteiger partial charge in [0.2, 0.25) is 0 Å². The number of ether oxygens (including phenoxy) is 1. The molecule has 24 heavy (non-hydrogen) atoms. The van der Waals surface area contributed by atoms with Gasteiger partial charge in [-0.05, 0) is 12.1 Å². The number of carbonyl (C=O) groups excluding carboxylic acids is 1. The van der Waals surface area contributed by atoms with Crippen molar-refractivity contribution in [1.82, 2.24) is 15.5 Å². The number of rotatable bonds is 6. The van der Waals surface area contributed by atoms with Gasteiger partial charge in [0.15, 0.2) is 5.69 Å². The fourth-order valence-corrected chi connectivity index (χ4v) is 2.28. The summed E-state index contributed by atoms with van der Waals surface area (Å²) in [5.74, 6) is 1.32. The van der Waals surface area contributed by atoms with Crippen molar-refractivity contribution < 1.29 is 14.1 Å². The Hall–Kier alpha value is -2.89. The highest BCUT2D eigenvalue weighted by molar-refractivity contribution is 5.92. The van der Waals surface area contributed by atoms with E-state index in [4.69, 9.17) is 9.26 Å². The number of hydrogen-bond donors (Lipinski definition) is 1. The Morgan fingerprint density at radius 2 is 2.12 bits per heavy atom. The van der Waals surface area contributed by atoms with E-state index in [9.17, 15) is 4.79 Å². The van der Waals surface area contributed by atoms with Gasteiger partial charge in [-0.3, -0.25) is 9.78 Å². The first-order chi connectivity index (χ1) is 11.6. The molecular formula is C18H19N3O3. The van der Waals surface area contributed by atoms with Gasteiger partial charge in [-0.25, -0.2) is 0 Å². The van der Waals surface area contributed by atoms with Gasteiger partial charge in [0.25, 0.3) is 5.91 Å². The number of amides is 1. The number of carbonyl (C=O) groups is 1. The molecule has 6 nitrogen and oxygen atoms in total. The van der Waals surface area contributed by atoms with E-state index in [2.05, 4.69) is 15.5 Å². The number of benzene rings is 1. The van der Waals surface area contributed by atoms with Crippen LogP contribution in [0.2, 0.25) is 0 Å². The van der Waals surface area contributed by atoms with Crippen LogP contribution in [0.1, 0.15) is 36.0 Å².